The molecule has 0 aromatic heterocycles. The highest BCUT2D eigenvalue weighted by atomic mass is 19.3. The fourth-order valence-electron chi connectivity index (χ4n) is 1.90. The Morgan fingerprint density at radius 2 is 2.07 bits per heavy atom. The molecule has 80 valence electrons. The van der Waals surface area contributed by atoms with Crippen LogP contribution in [0.3, 0.4) is 0 Å². The number of alkyl halides is 2. The summed E-state index contributed by atoms with van der Waals surface area (Å²) in [4.78, 5) is 12.4. The minimum Gasteiger partial charge on any atom is -0.331 e. The zero-order chi connectivity index (χ0) is 10.6. The number of hydrogen-bond acceptors (Lipinski definition) is 1. The van der Waals surface area contributed by atoms with Gasteiger partial charge in [-0.3, -0.25) is 4.79 Å². The van der Waals surface area contributed by atoms with E-state index in [0.717, 1.165) is 25.7 Å². The average Bonchev–Trinajstić information content (AvgIpc) is 2.65. The van der Waals surface area contributed by atoms with Gasteiger partial charge in [-0.05, 0) is 12.8 Å². The van der Waals surface area contributed by atoms with Gasteiger partial charge in [0.05, 0.1) is 0 Å². The van der Waals surface area contributed by atoms with Crippen LogP contribution in [0.1, 0.15) is 25.7 Å². The number of carbonyl (C=O) groups is 1. The van der Waals surface area contributed by atoms with E-state index in [4.69, 9.17) is 0 Å². The molecule has 0 N–H and O–H groups in total. The molecule has 0 bridgehead atoms. The van der Waals surface area contributed by atoms with Gasteiger partial charge in [-0.15, -0.1) is 6.58 Å². The molecule has 0 spiro atoms. The van der Waals surface area contributed by atoms with Crippen LogP contribution in [0.2, 0.25) is 0 Å². The normalized spacial score (nSPS) is 17.4. The minimum absolute atomic E-state index is 0.00509. The van der Waals surface area contributed by atoms with Crippen molar-refractivity contribution in [1.82, 2.24) is 4.90 Å². The summed E-state index contributed by atoms with van der Waals surface area (Å²) in [6.07, 6.45) is 2.33. The molecule has 0 aromatic rings. The average molecular weight is 203 g/mol. The standard InChI is InChI=1S/C10H15F2NO/c1-2-7-13(10(14)9(11)12)8-5-3-4-6-8/h2,8-9H,1,3-7H2. The Bertz CT molecular complexity index is 212. The monoisotopic (exact) mass is 203 g/mol. The van der Waals surface area contributed by atoms with Crippen molar-refractivity contribution in [2.75, 3.05) is 6.54 Å². The van der Waals surface area contributed by atoms with Crippen molar-refractivity contribution in [2.45, 2.75) is 38.2 Å². The van der Waals surface area contributed by atoms with Crippen molar-refractivity contribution in [3.63, 3.8) is 0 Å². The van der Waals surface area contributed by atoms with Crippen LogP contribution in [0.4, 0.5) is 8.78 Å². The summed E-state index contributed by atoms with van der Waals surface area (Å²) in [6, 6.07) is -0.00509. The van der Waals surface area contributed by atoms with Crippen molar-refractivity contribution >= 4 is 5.91 Å². The van der Waals surface area contributed by atoms with Crippen LogP contribution >= 0.6 is 0 Å². The molecule has 14 heavy (non-hydrogen) atoms. The molecule has 0 saturated heterocycles. The van der Waals surface area contributed by atoms with Gasteiger partial charge in [0.1, 0.15) is 0 Å². The predicted octanol–water partition coefficient (Wildman–Crippen LogP) is 2.21. The lowest BCUT2D eigenvalue weighted by Crippen LogP contribution is -2.42. The second kappa shape index (κ2) is 5.08. The summed E-state index contributed by atoms with van der Waals surface area (Å²) >= 11 is 0. The molecule has 4 heteroatoms. The summed E-state index contributed by atoms with van der Waals surface area (Å²) < 4.78 is 24.5. The zero-order valence-corrected chi connectivity index (χ0v) is 8.09. The van der Waals surface area contributed by atoms with E-state index in [-0.39, 0.29) is 12.6 Å². The van der Waals surface area contributed by atoms with Gasteiger partial charge < -0.3 is 4.90 Å². The summed E-state index contributed by atoms with van der Waals surface area (Å²) in [7, 11) is 0. The first-order chi connectivity index (χ1) is 6.66. The summed E-state index contributed by atoms with van der Waals surface area (Å²) in [5.41, 5.74) is 0. The highest BCUT2D eigenvalue weighted by Crippen LogP contribution is 2.24. The lowest BCUT2D eigenvalue weighted by atomic mass is 10.2. The van der Waals surface area contributed by atoms with Gasteiger partial charge in [0.15, 0.2) is 0 Å². The molecule has 0 heterocycles. The van der Waals surface area contributed by atoms with Gasteiger partial charge in [0, 0.05) is 12.6 Å². The Morgan fingerprint density at radius 3 is 2.50 bits per heavy atom. The molecule has 0 aromatic carbocycles. The van der Waals surface area contributed by atoms with Gasteiger partial charge in [-0.25, -0.2) is 0 Å². The third kappa shape index (κ3) is 2.53. The smallest absolute Gasteiger partial charge is 0.315 e. The topological polar surface area (TPSA) is 20.3 Å². The van der Waals surface area contributed by atoms with E-state index in [9.17, 15) is 13.6 Å². The van der Waals surface area contributed by atoms with Gasteiger partial charge in [-0.2, -0.15) is 8.78 Å². The van der Waals surface area contributed by atoms with Gasteiger partial charge in [-0.1, -0.05) is 18.9 Å². The van der Waals surface area contributed by atoms with E-state index >= 15 is 0 Å². The molecule has 0 aliphatic heterocycles. The molecule has 1 aliphatic rings. The molecule has 1 saturated carbocycles. The van der Waals surface area contributed by atoms with Crippen LogP contribution < -0.4 is 0 Å². The third-order valence-electron chi connectivity index (χ3n) is 2.56. The summed E-state index contributed by atoms with van der Waals surface area (Å²) in [5, 5.41) is 0. The number of carbonyl (C=O) groups excluding carboxylic acids is 1. The van der Waals surface area contributed by atoms with Gasteiger partial charge in [0.2, 0.25) is 0 Å². The molecular weight excluding hydrogens is 188 g/mol. The molecule has 0 unspecified atom stereocenters. The Labute approximate surface area is 82.6 Å². The number of rotatable bonds is 4. The van der Waals surface area contributed by atoms with Crippen molar-refractivity contribution in [3.05, 3.63) is 12.7 Å². The maximum atomic E-state index is 12.2. The highest BCUT2D eigenvalue weighted by Gasteiger charge is 2.30. The minimum atomic E-state index is -2.89. The van der Waals surface area contributed by atoms with Crippen molar-refractivity contribution in [3.8, 4) is 0 Å². The van der Waals surface area contributed by atoms with Crippen molar-refractivity contribution in [1.29, 1.82) is 0 Å². The maximum absolute atomic E-state index is 12.2. The third-order valence-corrected chi connectivity index (χ3v) is 2.56. The molecular formula is C10H15F2NO. The number of nitrogens with zero attached hydrogens (tertiary/aromatic N) is 1. The Kier molecular flexibility index (Phi) is 4.04. The summed E-state index contributed by atoms with van der Waals surface area (Å²) in [6.45, 7) is 3.70. The Hall–Kier alpha value is -0.930. The fourth-order valence-corrected chi connectivity index (χ4v) is 1.90. The van der Waals surface area contributed by atoms with E-state index in [1.54, 1.807) is 0 Å². The second-order valence-electron chi connectivity index (χ2n) is 3.52. The van der Waals surface area contributed by atoms with Crippen LogP contribution in [-0.2, 0) is 4.79 Å². The summed E-state index contributed by atoms with van der Waals surface area (Å²) in [5.74, 6) is -1.06. The van der Waals surface area contributed by atoms with Crippen molar-refractivity contribution < 1.29 is 13.6 Å². The van der Waals surface area contributed by atoms with Crippen LogP contribution in [0.15, 0.2) is 12.7 Å². The maximum Gasteiger partial charge on any atom is 0.315 e. The first-order valence-electron chi connectivity index (χ1n) is 4.86. The fraction of sp³-hybridized carbons (Fsp3) is 0.700. The number of hydrogen-bond donors (Lipinski definition) is 0. The molecule has 1 aliphatic carbocycles. The quantitative estimate of drug-likeness (QED) is 0.641. The Morgan fingerprint density at radius 1 is 1.50 bits per heavy atom. The Balaban J connectivity index is 2.61. The molecule has 2 nitrogen and oxygen atoms in total. The number of halogens is 2. The van der Waals surface area contributed by atoms with E-state index in [1.165, 1.54) is 11.0 Å². The second-order valence-corrected chi connectivity index (χ2v) is 3.52. The van der Waals surface area contributed by atoms with E-state index in [1.807, 2.05) is 0 Å². The van der Waals surface area contributed by atoms with Crippen LogP contribution in [0.5, 0.6) is 0 Å². The first-order valence-corrected chi connectivity index (χ1v) is 4.86. The lowest BCUT2D eigenvalue weighted by molar-refractivity contribution is -0.144. The lowest BCUT2D eigenvalue weighted by Gasteiger charge is -2.27. The SMILES string of the molecule is C=CCN(C(=O)C(F)F)C1CCCC1. The molecule has 0 atom stereocenters. The first kappa shape index (κ1) is 11.1. The molecule has 1 fully saturated rings. The van der Waals surface area contributed by atoms with Crippen LogP contribution in [-0.4, -0.2) is 29.8 Å². The zero-order valence-electron chi connectivity index (χ0n) is 8.09. The molecule has 0 radical (unpaired) electrons. The van der Waals surface area contributed by atoms with Gasteiger partial charge in [0.25, 0.3) is 5.91 Å². The van der Waals surface area contributed by atoms with E-state index < -0.39 is 12.3 Å². The largest absolute Gasteiger partial charge is 0.331 e. The van der Waals surface area contributed by atoms with Gasteiger partial charge >= 0.3 is 6.43 Å². The van der Waals surface area contributed by atoms with Crippen molar-refractivity contribution in [2.24, 2.45) is 0 Å². The number of amides is 1. The van der Waals surface area contributed by atoms with E-state index in [2.05, 4.69) is 6.58 Å². The van der Waals surface area contributed by atoms with Crippen LogP contribution in [0, 0.1) is 0 Å². The molecule has 1 amide bonds. The molecule has 1 rings (SSSR count). The highest BCUT2D eigenvalue weighted by molar-refractivity contribution is 5.79. The predicted molar refractivity (Wildman–Crippen MR) is 50.2 cm³/mol. The van der Waals surface area contributed by atoms with Crippen LogP contribution in [0.25, 0.3) is 0 Å². The van der Waals surface area contributed by atoms with E-state index in [0.29, 0.717) is 0 Å².